The third-order valence-electron chi connectivity index (χ3n) is 0.434. The van der Waals surface area contributed by atoms with Crippen molar-refractivity contribution in [2.45, 2.75) is 13.0 Å². The van der Waals surface area contributed by atoms with E-state index in [4.69, 9.17) is 11.7 Å². The van der Waals surface area contributed by atoms with Crippen LogP contribution in [0.25, 0.3) is 0 Å². The summed E-state index contributed by atoms with van der Waals surface area (Å²) in [5.41, 5.74) is 0. The van der Waals surface area contributed by atoms with Gasteiger partial charge in [0, 0.05) is 32.7 Å². The van der Waals surface area contributed by atoms with Gasteiger partial charge in [0.2, 0.25) is 0 Å². The molecule has 0 spiro atoms. The molecule has 1 nitrogen and oxygen atoms in total. The molecule has 1 N–H and O–H groups in total. The van der Waals surface area contributed by atoms with E-state index in [0.29, 0.717) is 0 Å². The summed E-state index contributed by atoms with van der Waals surface area (Å²) in [5, 5.41) is 8.47. The van der Waals surface area contributed by atoms with Crippen molar-refractivity contribution in [2.75, 3.05) is 0 Å². The molecule has 0 saturated heterocycles. The van der Waals surface area contributed by atoms with Crippen LogP contribution in [0.1, 0.15) is 6.92 Å². The number of hydrogen-bond acceptors (Lipinski definition) is 1. The maximum absolute atomic E-state index is 8.47. The van der Waals surface area contributed by atoms with Gasteiger partial charge in [-0.2, -0.15) is 0 Å². The molecule has 2 heteroatoms. The summed E-state index contributed by atoms with van der Waals surface area (Å²) in [5.74, 6) is 0. The van der Waals surface area contributed by atoms with Crippen LogP contribution in [0.4, 0.5) is 0 Å². The van der Waals surface area contributed by atoms with Crippen molar-refractivity contribution in [3.05, 3.63) is 24.8 Å². The standard InChI is InChI=1S/C6H8O.Y/c1-3-4-5-6(2)7;/h1,3-4,6-7H,2H3;/q-2;/t6-;/m0./s1. The predicted octanol–water partition coefficient (Wildman–Crippen LogP) is 0.713. The molecule has 0 saturated carbocycles. The van der Waals surface area contributed by atoms with E-state index in [9.17, 15) is 0 Å². The number of allylic oxidation sites excluding steroid dienone is 2. The molecule has 1 radical (unpaired) electrons. The van der Waals surface area contributed by atoms with Crippen molar-refractivity contribution in [2.24, 2.45) is 0 Å². The molecule has 0 aromatic rings. The average molecular weight is 185 g/mol. The number of aliphatic hydroxyl groups excluding tert-OH is 1. The minimum Gasteiger partial charge on any atom is -0.410 e. The zero-order chi connectivity index (χ0) is 5.70. The Kier molecular flexibility index (Phi) is 10.7. The Labute approximate surface area is 75.4 Å². The molecule has 0 fully saturated rings. The number of hydrogen-bond donors (Lipinski definition) is 1. The van der Waals surface area contributed by atoms with Gasteiger partial charge in [-0.3, -0.25) is 0 Å². The molecule has 0 amide bonds. The van der Waals surface area contributed by atoms with Gasteiger partial charge in [0.25, 0.3) is 0 Å². The molecule has 8 heavy (non-hydrogen) atoms. The zero-order valence-corrected chi connectivity index (χ0v) is 7.67. The minimum absolute atomic E-state index is 0. The molecule has 0 unspecified atom stereocenters. The Hall–Kier alpha value is 0.544. The smallest absolute Gasteiger partial charge is 0 e. The maximum Gasteiger partial charge on any atom is 0 e. The second-order valence-electron chi connectivity index (χ2n) is 1.20. The van der Waals surface area contributed by atoms with Crippen LogP contribution < -0.4 is 0 Å². The van der Waals surface area contributed by atoms with Gasteiger partial charge >= 0.3 is 0 Å². The maximum atomic E-state index is 8.47. The fourth-order valence-corrected chi connectivity index (χ4v) is 0.195. The van der Waals surface area contributed by atoms with E-state index in [1.165, 1.54) is 12.2 Å². The molecule has 0 aromatic heterocycles. The van der Waals surface area contributed by atoms with Crippen LogP contribution in [0.15, 0.2) is 12.2 Å². The second kappa shape index (κ2) is 7.54. The first-order chi connectivity index (χ1) is 3.27. The summed E-state index contributed by atoms with van der Waals surface area (Å²) in [4.78, 5) is 0. The van der Waals surface area contributed by atoms with Crippen LogP contribution in [0.3, 0.4) is 0 Å². The summed E-state index contributed by atoms with van der Waals surface area (Å²) in [6.45, 7) is 6.53. The third-order valence-corrected chi connectivity index (χ3v) is 0.434. The SMILES string of the molecule is [CH-]=CC=[C-][C@H](C)O.[Y]. The summed E-state index contributed by atoms with van der Waals surface area (Å²) in [6, 6.07) is 0. The van der Waals surface area contributed by atoms with Crippen molar-refractivity contribution in [1.82, 2.24) is 0 Å². The van der Waals surface area contributed by atoms with Crippen LogP contribution in [0.2, 0.25) is 0 Å². The van der Waals surface area contributed by atoms with Gasteiger partial charge in [0.15, 0.2) is 0 Å². The summed E-state index contributed by atoms with van der Waals surface area (Å²) in [7, 11) is 0. The quantitative estimate of drug-likeness (QED) is 0.496. The third kappa shape index (κ3) is 9.74. The largest absolute Gasteiger partial charge is 0.410 e. The van der Waals surface area contributed by atoms with Crippen molar-refractivity contribution >= 4 is 0 Å². The summed E-state index contributed by atoms with van der Waals surface area (Å²) >= 11 is 0. The van der Waals surface area contributed by atoms with E-state index in [0.717, 1.165) is 0 Å². The van der Waals surface area contributed by atoms with Gasteiger partial charge in [-0.15, -0.1) is 0 Å². The van der Waals surface area contributed by atoms with Gasteiger partial charge < -0.3 is 29.9 Å². The summed E-state index contributed by atoms with van der Waals surface area (Å²) < 4.78 is 0. The summed E-state index contributed by atoms with van der Waals surface area (Å²) in [6.07, 6.45) is 4.83. The van der Waals surface area contributed by atoms with E-state index in [1.54, 1.807) is 6.92 Å². The molecular weight excluding hydrogens is 177 g/mol. The molecule has 0 aliphatic rings. The fourth-order valence-electron chi connectivity index (χ4n) is 0.195. The fraction of sp³-hybridized carbons (Fsp3) is 0.333. The molecular formula is C6H8OY-2. The molecule has 0 aromatic carbocycles. The van der Waals surface area contributed by atoms with E-state index >= 15 is 0 Å². The molecule has 43 valence electrons. The number of aliphatic hydroxyl groups is 1. The minimum atomic E-state index is -0.514. The topological polar surface area (TPSA) is 20.2 Å². The van der Waals surface area contributed by atoms with E-state index in [-0.39, 0.29) is 32.7 Å². The predicted molar refractivity (Wildman–Crippen MR) is 28.4 cm³/mol. The Bertz CT molecular complexity index is 76.6. The van der Waals surface area contributed by atoms with Gasteiger partial charge in [0.1, 0.15) is 0 Å². The molecule has 0 rings (SSSR count). The van der Waals surface area contributed by atoms with Crippen LogP contribution in [0, 0.1) is 12.7 Å². The van der Waals surface area contributed by atoms with Crippen LogP contribution in [-0.4, -0.2) is 11.2 Å². The molecule has 0 aliphatic heterocycles. The average Bonchev–Trinajstić information content (AvgIpc) is 1.61. The second-order valence-corrected chi connectivity index (χ2v) is 1.20. The van der Waals surface area contributed by atoms with Crippen molar-refractivity contribution < 1.29 is 37.8 Å². The van der Waals surface area contributed by atoms with Gasteiger partial charge in [-0.25, -0.2) is 0 Å². The van der Waals surface area contributed by atoms with Gasteiger partial charge in [-0.05, 0) is 6.10 Å². The molecule has 0 aliphatic carbocycles. The first-order valence-electron chi connectivity index (χ1n) is 2.08. The van der Waals surface area contributed by atoms with Gasteiger partial charge in [0.05, 0.1) is 0 Å². The van der Waals surface area contributed by atoms with E-state index in [2.05, 4.69) is 6.08 Å². The Morgan fingerprint density at radius 2 is 2.25 bits per heavy atom. The molecule has 0 heterocycles. The normalized spacial score (nSPS) is 12.8. The Morgan fingerprint density at radius 1 is 1.75 bits per heavy atom. The van der Waals surface area contributed by atoms with Crippen molar-refractivity contribution in [3.8, 4) is 0 Å². The van der Waals surface area contributed by atoms with E-state index in [1.807, 2.05) is 0 Å². The van der Waals surface area contributed by atoms with Crippen LogP contribution >= 0.6 is 0 Å². The molecule has 0 bridgehead atoms. The first-order valence-corrected chi connectivity index (χ1v) is 2.08. The van der Waals surface area contributed by atoms with E-state index < -0.39 is 6.10 Å². The zero-order valence-electron chi connectivity index (χ0n) is 4.83. The number of rotatable bonds is 2. The van der Waals surface area contributed by atoms with Gasteiger partial charge in [-0.1, -0.05) is 6.92 Å². The Balaban J connectivity index is 0. The molecule has 1 atom stereocenters. The van der Waals surface area contributed by atoms with Crippen molar-refractivity contribution in [1.29, 1.82) is 0 Å². The monoisotopic (exact) mass is 185 g/mol. The van der Waals surface area contributed by atoms with Crippen LogP contribution in [0.5, 0.6) is 0 Å². The van der Waals surface area contributed by atoms with Crippen molar-refractivity contribution in [3.63, 3.8) is 0 Å². The van der Waals surface area contributed by atoms with Crippen LogP contribution in [-0.2, 0) is 32.7 Å². The first kappa shape index (κ1) is 11.4. The Morgan fingerprint density at radius 3 is 2.38 bits per heavy atom.